The Labute approximate surface area is 137 Å². The van der Waals surface area contributed by atoms with E-state index in [1.165, 1.54) is 9.51 Å². The summed E-state index contributed by atoms with van der Waals surface area (Å²) < 4.78 is 6.90. The summed E-state index contributed by atoms with van der Waals surface area (Å²) in [5.74, 6) is 0.764. The van der Waals surface area contributed by atoms with Crippen molar-refractivity contribution in [3.63, 3.8) is 0 Å². The first-order chi connectivity index (χ1) is 11.4. The largest absolute Gasteiger partial charge is 0.379 e. The van der Waals surface area contributed by atoms with Gasteiger partial charge in [-0.25, -0.2) is 0 Å². The van der Waals surface area contributed by atoms with Gasteiger partial charge in [-0.3, -0.25) is 4.90 Å². The lowest BCUT2D eigenvalue weighted by atomic mass is 10.2. The molecule has 8 nitrogen and oxygen atoms in total. The van der Waals surface area contributed by atoms with E-state index in [1.54, 1.807) is 11.3 Å². The van der Waals surface area contributed by atoms with Crippen molar-refractivity contribution in [1.82, 2.24) is 30.2 Å². The van der Waals surface area contributed by atoms with Gasteiger partial charge in [0.25, 0.3) is 0 Å². The summed E-state index contributed by atoms with van der Waals surface area (Å²) >= 11 is 1.78. The summed E-state index contributed by atoms with van der Waals surface area (Å²) in [6.45, 7) is 4.25. The molecule has 120 valence electrons. The molecule has 4 rings (SSSR count). The van der Waals surface area contributed by atoms with Crippen LogP contribution >= 0.6 is 11.3 Å². The Hall–Kier alpha value is -2.10. The molecule has 9 heteroatoms. The van der Waals surface area contributed by atoms with Crippen LogP contribution in [0.15, 0.2) is 29.6 Å². The van der Waals surface area contributed by atoms with E-state index in [0.717, 1.165) is 38.7 Å². The van der Waals surface area contributed by atoms with E-state index in [1.807, 2.05) is 12.1 Å². The van der Waals surface area contributed by atoms with Gasteiger partial charge in [0.05, 0.1) is 19.3 Å². The topological polar surface area (TPSA) is 80.5 Å². The molecule has 0 radical (unpaired) electrons. The first-order valence-electron chi connectivity index (χ1n) is 7.55. The molecule has 23 heavy (non-hydrogen) atoms. The van der Waals surface area contributed by atoms with Gasteiger partial charge in [-0.1, -0.05) is 6.07 Å². The fourth-order valence-corrected chi connectivity index (χ4v) is 3.59. The number of fused-ring (bicyclic) bond motifs is 1. The molecule has 1 saturated heterocycles. The third-order valence-electron chi connectivity index (χ3n) is 3.90. The van der Waals surface area contributed by atoms with Crippen molar-refractivity contribution in [2.24, 2.45) is 0 Å². The van der Waals surface area contributed by atoms with Gasteiger partial charge in [0.1, 0.15) is 5.82 Å². The van der Waals surface area contributed by atoms with Crippen LogP contribution < -0.4 is 5.32 Å². The number of morpholine rings is 1. The van der Waals surface area contributed by atoms with Gasteiger partial charge >= 0.3 is 0 Å². The molecule has 1 fully saturated rings. The minimum Gasteiger partial charge on any atom is -0.379 e. The molecule has 0 spiro atoms. The van der Waals surface area contributed by atoms with Crippen LogP contribution in [0.2, 0.25) is 0 Å². The lowest BCUT2D eigenvalue weighted by Gasteiger charge is -2.34. The zero-order chi connectivity index (χ0) is 15.5. The molecule has 0 aliphatic carbocycles. The van der Waals surface area contributed by atoms with E-state index >= 15 is 0 Å². The summed E-state index contributed by atoms with van der Waals surface area (Å²) in [7, 11) is 0. The van der Waals surface area contributed by atoms with Crippen molar-refractivity contribution in [3.8, 4) is 0 Å². The number of hydrogen-bond donors (Lipinski definition) is 1. The molecule has 0 amide bonds. The highest BCUT2D eigenvalue weighted by Gasteiger charge is 2.23. The molecule has 1 N–H and O–H groups in total. The minimum atomic E-state index is 0.310. The van der Waals surface area contributed by atoms with Gasteiger partial charge in [0.2, 0.25) is 0 Å². The Bertz CT molecular complexity index is 753. The normalized spacial score (nSPS) is 17.4. The standard InChI is InChI=1S/C14H17N7OS/c1-2-12(23-9-1)11(20-5-7-22-8-6-20)10-15-13-3-4-14-16-18-19-21(14)17-13/h1-4,9,11H,5-8,10H2,(H,15,17)/t11-/m0/s1. The Morgan fingerprint density at radius 3 is 3.00 bits per heavy atom. The van der Waals surface area contributed by atoms with Crippen LogP contribution in [0.3, 0.4) is 0 Å². The molecule has 1 atom stereocenters. The Balaban J connectivity index is 1.50. The molecule has 0 saturated carbocycles. The Morgan fingerprint density at radius 2 is 2.17 bits per heavy atom. The highest BCUT2D eigenvalue weighted by molar-refractivity contribution is 7.10. The van der Waals surface area contributed by atoms with Gasteiger partial charge in [-0.2, -0.15) is 0 Å². The van der Waals surface area contributed by atoms with E-state index < -0.39 is 0 Å². The number of thiophene rings is 1. The highest BCUT2D eigenvalue weighted by Crippen LogP contribution is 2.26. The Morgan fingerprint density at radius 1 is 1.26 bits per heavy atom. The first-order valence-corrected chi connectivity index (χ1v) is 8.42. The van der Waals surface area contributed by atoms with Gasteiger partial charge in [0, 0.05) is 24.5 Å². The third-order valence-corrected chi connectivity index (χ3v) is 4.88. The predicted molar refractivity (Wildman–Crippen MR) is 86.5 cm³/mol. The summed E-state index contributed by atoms with van der Waals surface area (Å²) in [6.07, 6.45) is 0. The van der Waals surface area contributed by atoms with Crippen molar-refractivity contribution >= 4 is 22.8 Å². The van der Waals surface area contributed by atoms with Crippen molar-refractivity contribution in [1.29, 1.82) is 0 Å². The van der Waals surface area contributed by atoms with Crippen molar-refractivity contribution in [2.75, 3.05) is 38.2 Å². The number of ether oxygens (including phenoxy) is 1. The van der Waals surface area contributed by atoms with Gasteiger partial charge < -0.3 is 10.1 Å². The number of rotatable bonds is 5. The van der Waals surface area contributed by atoms with Crippen LogP contribution in [0.1, 0.15) is 10.9 Å². The lowest BCUT2D eigenvalue weighted by Crippen LogP contribution is -2.41. The van der Waals surface area contributed by atoms with Gasteiger partial charge in [-0.15, -0.1) is 26.2 Å². The average Bonchev–Trinajstić information content (AvgIpc) is 3.27. The number of nitrogens with one attached hydrogen (secondary N) is 1. The van der Waals surface area contributed by atoms with Gasteiger partial charge in [0.15, 0.2) is 5.65 Å². The zero-order valence-corrected chi connectivity index (χ0v) is 13.3. The van der Waals surface area contributed by atoms with E-state index in [2.05, 4.69) is 48.4 Å². The molecule has 3 aromatic heterocycles. The van der Waals surface area contributed by atoms with Crippen molar-refractivity contribution < 1.29 is 4.74 Å². The SMILES string of the molecule is c1csc([C@H](CNc2ccc3nnnn3n2)N2CCOCC2)c1. The number of tetrazole rings is 1. The smallest absolute Gasteiger partial charge is 0.200 e. The summed E-state index contributed by atoms with van der Waals surface area (Å²) in [5.41, 5.74) is 0.638. The maximum Gasteiger partial charge on any atom is 0.200 e. The molecule has 3 aromatic rings. The van der Waals surface area contributed by atoms with Crippen LogP contribution in [0.25, 0.3) is 5.65 Å². The average molecular weight is 331 g/mol. The molecule has 1 aliphatic heterocycles. The first kappa shape index (κ1) is 14.5. The lowest BCUT2D eigenvalue weighted by molar-refractivity contribution is 0.0194. The van der Waals surface area contributed by atoms with Crippen molar-refractivity contribution in [3.05, 3.63) is 34.5 Å². The molecule has 1 aliphatic rings. The third kappa shape index (κ3) is 3.16. The molecular weight excluding hydrogens is 314 g/mol. The van der Waals surface area contributed by atoms with Crippen molar-refractivity contribution in [2.45, 2.75) is 6.04 Å². The second kappa shape index (κ2) is 6.57. The summed E-state index contributed by atoms with van der Waals surface area (Å²) in [6, 6.07) is 8.34. The number of nitrogens with zero attached hydrogens (tertiary/aromatic N) is 6. The number of aromatic nitrogens is 5. The number of anilines is 1. The van der Waals surface area contributed by atoms with Crippen LogP contribution in [0.5, 0.6) is 0 Å². The van der Waals surface area contributed by atoms with Crippen LogP contribution in [-0.4, -0.2) is 63.0 Å². The number of hydrogen-bond acceptors (Lipinski definition) is 8. The second-order valence-electron chi connectivity index (χ2n) is 5.31. The highest BCUT2D eigenvalue weighted by atomic mass is 32.1. The molecule has 0 unspecified atom stereocenters. The molecular formula is C14H17N7OS. The predicted octanol–water partition coefficient (Wildman–Crippen LogP) is 1.07. The quantitative estimate of drug-likeness (QED) is 0.749. The van der Waals surface area contributed by atoms with E-state index in [0.29, 0.717) is 11.7 Å². The fourth-order valence-electron chi connectivity index (χ4n) is 2.72. The maximum absolute atomic E-state index is 5.47. The Kier molecular flexibility index (Phi) is 4.14. The van der Waals surface area contributed by atoms with E-state index in [9.17, 15) is 0 Å². The minimum absolute atomic E-state index is 0.310. The van der Waals surface area contributed by atoms with Crippen LogP contribution in [0, 0.1) is 0 Å². The van der Waals surface area contributed by atoms with Gasteiger partial charge in [-0.05, 0) is 34.0 Å². The fraction of sp³-hybridized carbons (Fsp3) is 0.429. The van der Waals surface area contributed by atoms with E-state index in [-0.39, 0.29) is 0 Å². The summed E-state index contributed by atoms with van der Waals surface area (Å²) in [4.78, 5) is 3.81. The van der Waals surface area contributed by atoms with Crippen LogP contribution in [-0.2, 0) is 4.74 Å². The zero-order valence-electron chi connectivity index (χ0n) is 12.5. The molecule has 4 heterocycles. The molecule has 0 aromatic carbocycles. The maximum atomic E-state index is 5.47. The monoisotopic (exact) mass is 331 g/mol. The molecule has 0 bridgehead atoms. The second-order valence-corrected chi connectivity index (χ2v) is 6.28. The van der Waals surface area contributed by atoms with Crippen LogP contribution in [0.4, 0.5) is 5.82 Å². The summed E-state index contributed by atoms with van der Waals surface area (Å²) in [5, 5.41) is 21.2. The van der Waals surface area contributed by atoms with E-state index in [4.69, 9.17) is 4.74 Å².